The van der Waals surface area contributed by atoms with Crippen LogP contribution >= 0.6 is 0 Å². The van der Waals surface area contributed by atoms with Gasteiger partial charge in [0.1, 0.15) is 5.75 Å². The van der Waals surface area contributed by atoms with Crippen LogP contribution in [0.15, 0.2) is 72.8 Å². The first-order valence-corrected chi connectivity index (χ1v) is 11.2. The SMILES string of the molecule is COc1ccc(NC(=O)c2ccc(NCC(=O)N(C)C3CCCc4ccccc43)cc2)cc1. The van der Waals surface area contributed by atoms with Crippen LogP contribution in [0.1, 0.15) is 40.4 Å². The van der Waals surface area contributed by atoms with Gasteiger partial charge in [0.2, 0.25) is 5.91 Å². The molecule has 1 atom stereocenters. The summed E-state index contributed by atoms with van der Waals surface area (Å²) < 4.78 is 5.13. The number of benzene rings is 3. The van der Waals surface area contributed by atoms with E-state index in [0.29, 0.717) is 11.3 Å². The van der Waals surface area contributed by atoms with Crippen molar-refractivity contribution in [2.24, 2.45) is 0 Å². The maximum Gasteiger partial charge on any atom is 0.255 e. The zero-order chi connectivity index (χ0) is 23.2. The van der Waals surface area contributed by atoms with E-state index >= 15 is 0 Å². The first kappa shape index (κ1) is 22.4. The Morgan fingerprint density at radius 2 is 1.67 bits per heavy atom. The number of aryl methyl sites for hydroxylation is 1. The Morgan fingerprint density at radius 3 is 2.39 bits per heavy atom. The molecule has 0 radical (unpaired) electrons. The molecule has 2 amide bonds. The maximum absolute atomic E-state index is 12.8. The number of hydrogen-bond donors (Lipinski definition) is 2. The van der Waals surface area contributed by atoms with Gasteiger partial charge in [-0.25, -0.2) is 0 Å². The number of carbonyl (C=O) groups excluding carboxylic acids is 2. The van der Waals surface area contributed by atoms with Crippen molar-refractivity contribution < 1.29 is 14.3 Å². The zero-order valence-electron chi connectivity index (χ0n) is 19.0. The summed E-state index contributed by atoms with van der Waals surface area (Å²) in [5.74, 6) is 0.577. The van der Waals surface area contributed by atoms with Gasteiger partial charge in [-0.1, -0.05) is 24.3 Å². The average molecular weight is 444 g/mol. The van der Waals surface area contributed by atoms with Crippen molar-refractivity contribution in [1.29, 1.82) is 0 Å². The van der Waals surface area contributed by atoms with Crippen molar-refractivity contribution in [2.75, 3.05) is 31.3 Å². The fourth-order valence-corrected chi connectivity index (χ4v) is 4.22. The summed E-state index contributed by atoms with van der Waals surface area (Å²) in [6.07, 6.45) is 3.15. The van der Waals surface area contributed by atoms with Gasteiger partial charge in [0.25, 0.3) is 5.91 Å². The van der Waals surface area contributed by atoms with E-state index in [1.807, 2.05) is 30.1 Å². The molecule has 33 heavy (non-hydrogen) atoms. The Balaban J connectivity index is 1.31. The number of fused-ring (bicyclic) bond motifs is 1. The third kappa shape index (κ3) is 5.34. The molecule has 0 fully saturated rings. The fraction of sp³-hybridized carbons (Fsp3) is 0.259. The van der Waals surface area contributed by atoms with E-state index in [9.17, 15) is 9.59 Å². The number of carbonyl (C=O) groups is 2. The number of anilines is 2. The monoisotopic (exact) mass is 443 g/mol. The van der Waals surface area contributed by atoms with Crippen LogP contribution in [-0.4, -0.2) is 37.4 Å². The molecule has 0 aromatic heterocycles. The zero-order valence-corrected chi connectivity index (χ0v) is 19.0. The lowest BCUT2D eigenvalue weighted by Crippen LogP contribution is -2.37. The Kier molecular flexibility index (Phi) is 6.93. The summed E-state index contributed by atoms with van der Waals surface area (Å²) in [6.45, 7) is 0.201. The molecule has 6 nitrogen and oxygen atoms in total. The molecule has 3 aromatic carbocycles. The molecule has 0 saturated carbocycles. The minimum absolute atomic E-state index is 0.0398. The number of rotatable bonds is 7. The van der Waals surface area contributed by atoms with E-state index in [1.165, 1.54) is 11.1 Å². The van der Waals surface area contributed by atoms with E-state index in [-0.39, 0.29) is 24.4 Å². The number of amides is 2. The van der Waals surface area contributed by atoms with Crippen LogP contribution < -0.4 is 15.4 Å². The lowest BCUT2D eigenvalue weighted by molar-refractivity contribution is -0.130. The van der Waals surface area contributed by atoms with E-state index in [0.717, 1.165) is 30.7 Å². The smallest absolute Gasteiger partial charge is 0.255 e. The quantitative estimate of drug-likeness (QED) is 0.545. The normalized spacial score (nSPS) is 14.7. The molecule has 0 spiro atoms. The predicted octanol–water partition coefficient (Wildman–Crippen LogP) is 4.90. The minimum Gasteiger partial charge on any atom is -0.497 e. The standard InChI is InChI=1S/C27H29N3O3/c1-30(25-9-5-7-19-6-3-4-8-24(19)25)26(31)18-28-21-12-10-20(11-13-21)27(32)29-22-14-16-23(33-2)17-15-22/h3-4,6,8,10-17,25,28H,5,7,9,18H2,1-2H3,(H,29,32). The second-order valence-electron chi connectivity index (χ2n) is 8.23. The van der Waals surface area contributed by atoms with Crippen LogP contribution in [0.25, 0.3) is 0 Å². The Labute approximate surface area is 194 Å². The number of hydrogen-bond acceptors (Lipinski definition) is 4. The molecule has 1 aliphatic carbocycles. The second kappa shape index (κ2) is 10.2. The first-order chi connectivity index (χ1) is 16.0. The summed E-state index contributed by atoms with van der Waals surface area (Å²) in [5, 5.41) is 6.04. The van der Waals surface area contributed by atoms with Crippen molar-refractivity contribution in [1.82, 2.24) is 4.90 Å². The average Bonchev–Trinajstić information content (AvgIpc) is 2.87. The molecule has 0 saturated heterocycles. The molecule has 2 N–H and O–H groups in total. The molecule has 0 aliphatic heterocycles. The third-order valence-electron chi connectivity index (χ3n) is 6.14. The van der Waals surface area contributed by atoms with Gasteiger partial charge in [-0.15, -0.1) is 0 Å². The number of nitrogens with one attached hydrogen (secondary N) is 2. The second-order valence-corrected chi connectivity index (χ2v) is 8.23. The van der Waals surface area contributed by atoms with Crippen LogP contribution in [0.3, 0.4) is 0 Å². The van der Waals surface area contributed by atoms with Crippen molar-refractivity contribution in [3.05, 3.63) is 89.5 Å². The van der Waals surface area contributed by atoms with E-state index in [4.69, 9.17) is 4.74 Å². The molecular formula is C27H29N3O3. The van der Waals surface area contributed by atoms with Gasteiger partial charge in [-0.2, -0.15) is 0 Å². The van der Waals surface area contributed by atoms with Crippen molar-refractivity contribution in [2.45, 2.75) is 25.3 Å². The van der Waals surface area contributed by atoms with Crippen LogP contribution in [0.2, 0.25) is 0 Å². The summed E-state index contributed by atoms with van der Waals surface area (Å²) in [6, 6.07) is 22.8. The molecule has 0 heterocycles. The highest BCUT2D eigenvalue weighted by atomic mass is 16.5. The Morgan fingerprint density at radius 1 is 0.970 bits per heavy atom. The molecular weight excluding hydrogens is 414 g/mol. The van der Waals surface area contributed by atoms with Crippen molar-refractivity contribution in [3.8, 4) is 5.75 Å². The molecule has 1 aliphatic rings. The number of methoxy groups -OCH3 is 1. The minimum atomic E-state index is -0.196. The van der Waals surface area contributed by atoms with Gasteiger partial charge < -0.3 is 20.3 Å². The summed E-state index contributed by atoms with van der Waals surface area (Å²) in [5.41, 5.74) is 4.62. The fourth-order valence-electron chi connectivity index (χ4n) is 4.22. The Bertz CT molecular complexity index is 1110. The number of ether oxygens (including phenoxy) is 1. The molecule has 6 heteroatoms. The molecule has 1 unspecified atom stereocenters. The van der Waals surface area contributed by atoms with Crippen LogP contribution in [0.4, 0.5) is 11.4 Å². The van der Waals surface area contributed by atoms with E-state index in [1.54, 1.807) is 43.5 Å². The third-order valence-corrected chi connectivity index (χ3v) is 6.14. The maximum atomic E-state index is 12.8. The lowest BCUT2D eigenvalue weighted by atomic mass is 9.87. The van der Waals surface area contributed by atoms with Gasteiger partial charge >= 0.3 is 0 Å². The summed E-state index contributed by atoms with van der Waals surface area (Å²) >= 11 is 0. The van der Waals surface area contributed by atoms with Crippen LogP contribution in [0.5, 0.6) is 5.75 Å². The van der Waals surface area contributed by atoms with Crippen LogP contribution in [0, 0.1) is 0 Å². The molecule has 0 bridgehead atoms. The van der Waals surface area contributed by atoms with Gasteiger partial charge in [0.05, 0.1) is 19.7 Å². The summed E-state index contributed by atoms with van der Waals surface area (Å²) in [4.78, 5) is 27.2. The largest absolute Gasteiger partial charge is 0.497 e. The van der Waals surface area contributed by atoms with Gasteiger partial charge in [-0.3, -0.25) is 9.59 Å². The first-order valence-electron chi connectivity index (χ1n) is 11.2. The molecule has 170 valence electrons. The van der Waals surface area contributed by atoms with E-state index < -0.39 is 0 Å². The highest BCUT2D eigenvalue weighted by Gasteiger charge is 2.26. The topological polar surface area (TPSA) is 70.7 Å². The Hall–Kier alpha value is -3.80. The molecule has 3 aromatic rings. The van der Waals surface area contributed by atoms with Gasteiger partial charge in [0, 0.05) is 24.0 Å². The molecule has 4 rings (SSSR count). The van der Waals surface area contributed by atoms with Crippen LogP contribution in [-0.2, 0) is 11.2 Å². The highest BCUT2D eigenvalue weighted by molar-refractivity contribution is 6.04. The number of nitrogens with zero attached hydrogens (tertiary/aromatic N) is 1. The van der Waals surface area contributed by atoms with Crippen molar-refractivity contribution >= 4 is 23.2 Å². The van der Waals surface area contributed by atoms with Gasteiger partial charge in [0.15, 0.2) is 0 Å². The lowest BCUT2D eigenvalue weighted by Gasteiger charge is -2.33. The highest BCUT2D eigenvalue weighted by Crippen LogP contribution is 2.33. The summed E-state index contributed by atoms with van der Waals surface area (Å²) in [7, 11) is 3.48. The van der Waals surface area contributed by atoms with E-state index in [2.05, 4.69) is 28.8 Å². The van der Waals surface area contributed by atoms with Crippen molar-refractivity contribution in [3.63, 3.8) is 0 Å². The number of likely N-dealkylation sites (N-methyl/N-ethyl adjacent to an activating group) is 1. The predicted molar refractivity (Wildman–Crippen MR) is 131 cm³/mol. The van der Waals surface area contributed by atoms with Gasteiger partial charge in [-0.05, 0) is 78.9 Å².